The summed E-state index contributed by atoms with van der Waals surface area (Å²) in [7, 11) is 0. The Bertz CT molecular complexity index is 897. The maximum absolute atomic E-state index is 12.3. The Kier molecular flexibility index (Phi) is 7.74. The van der Waals surface area contributed by atoms with E-state index in [9.17, 15) is 14.7 Å². The van der Waals surface area contributed by atoms with Crippen molar-refractivity contribution >= 4 is 47.3 Å². The second kappa shape index (κ2) is 9.47. The van der Waals surface area contributed by atoms with Crippen LogP contribution < -0.4 is 4.74 Å². The molecule has 0 radical (unpaired) electrons. The number of nitrogens with zero attached hydrogens (tertiary/aromatic N) is 1. The molecule has 2 heterocycles. The summed E-state index contributed by atoms with van der Waals surface area (Å²) >= 11 is 7.72. The molecule has 2 aromatic rings. The smallest absolute Gasteiger partial charge is 0.325 e. The van der Waals surface area contributed by atoms with E-state index < -0.39 is 17.4 Å². The SMILES string of the molecule is CCC(C)(C)C(=O)Oc1cc2c(s1)CCN([C@H](C(=O)O)c1ccccc1Cl)C2.Cl. The van der Waals surface area contributed by atoms with Crippen LogP contribution in [0.5, 0.6) is 5.06 Å². The number of esters is 1. The summed E-state index contributed by atoms with van der Waals surface area (Å²) in [5, 5.41) is 10.8. The second-order valence-corrected chi connectivity index (χ2v) is 9.13. The lowest BCUT2D eigenvalue weighted by molar-refractivity contribution is -0.144. The summed E-state index contributed by atoms with van der Waals surface area (Å²) in [6, 6.07) is 8.10. The minimum absolute atomic E-state index is 0. The zero-order valence-electron chi connectivity index (χ0n) is 16.6. The van der Waals surface area contributed by atoms with Crippen molar-refractivity contribution in [1.82, 2.24) is 4.90 Å². The van der Waals surface area contributed by atoms with Crippen molar-refractivity contribution in [2.24, 2.45) is 5.41 Å². The van der Waals surface area contributed by atoms with Gasteiger partial charge >= 0.3 is 11.9 Å². The molecule has 29 heavy (non-hydrogen) atoms. The molecule has 1 atom stereocenters. The Morgan fingerprint density at radius 1 is 1.34 bits per heavy atom. The number of benzene rings is 1. The lowest BCUT2D eigenvalue weighted by Gasteiger charge is -2.32. The van der Waals surface area contributed by atoms with Gasteiger partial charge in [0.1, 0.15) is 6.04 Å². The van der Waals surface area contributed by atoms with E-state index in [0.717, 1.165) is 10.4 Å². The predicted octanol–water partition coefficient (Wildman–Crippen LogP) is 5.35. The highest BCUT2D eigenvalue weighted by Crippen LogP contribution is 2.38. The van der Waals surface area contributed by atoms with Crippen LogP contribution in [-0.4, -0.2) is 28.5 Å². The number of carboxylic acid groups (broad SMARTS) is 1. The van der Waals surface area contributed by atoms with Crippen LogP contribution in [-0.2, 0) is 22.6 Å². The standard InChI is InChI=1S/C21H24ClNO4S.ClH/c1-4-21(2,3)20(26)27-17-11-13-12-23(10-9-16(13)28-17)18(19(24)25)14-7-5-6-8-15(14)22;/h5-8,11,18H,4,9-10,12H2,1-3H3,(H,24,25);1H/t18-;/m0./s1. The van der Waals surface area contributed by atoms with E-state index in [1.165, 1.54) is 11.3 Å². The molecule has 0 bridgehead atoms. The fourth-order valence-electron chi connectivity index (χ4n) is 3.15. The molecule has 0 saturated heterocycles. The van der Waals surface area contributed by atoms with Crippen molar-refractivity contribution in [3.8, 4) is 5.06 Å². The maximum Gasteiger partial charge on any atom is 0.325 e. The third kappa shape index (κ3) is 5.12. The van der Waals surface area contributed by atoms with Crippen LogP contribution in [0.4, 0.5) is 0 Å². The molecule has 1 aromatic carbocycles. The number of carbonyl (C=O) groups excluding carboxylic acids is 1. The van der Waals surface area contributed by atoms with Crippen LogP contribution >= 0.6 is 35.3 Å². The lowest BCUT2D eigenvalue weighted by atomic mass is 9.91. The van der Waals surface area contributed by atoms with E-state index in [0.29, 0.717) is 41.6 Å². The van der Waals surface area contributed by atoms with E-state index in [2.05, 4.69) is 0 Å². The van der Waals surface area contributed by atoms with Crippen LogP contribution in [0.2, 0.25) is 5.02 Å². The molecule has 0 saturated carbocycles. The first kappa shape index (κ1) is 23.7. The molecular formula is C21H25Cl2NO4S. The molecule has 0 spiro atoms. The topological polar surface area (TPSA) is 66.8 Å². The number of ether oxygens (including phenoxy) is 1. The monoisotopic (exact) mass is 457 g/mol. The molecule has 0 amide bonds. The van der Waals surface area contributed by atoms with Crippen LogP contribution in [0.25, 0.3) is 0 Å². The Labute approximate surface area is 186 Å². The quantitative estimate of drug-likeness (QED) is 0.592. The summed E-state index contributed by atoms with van der Waals surface area (Å²) < 4.78 is 5.59. The summed E-state index contributed by atoms with van der Waals surface area (Å²) in [6.07, 6.45) is 1.41. The molecule has 1 aliphatic heterocycles. The van der Waals surface area contributed by atoms with Crippen LogP contribution in [0, 0.1) is 5.41 Å². The summed E-state index contributed by atoms with van der Waals surface area (Å²) in [5.74, 6) is -1.17. The first-order chi connectivity index (χ1) is 13.2. The molecule has 0 aliphatic carbocycles. The zero-order chi connectivity index (χ0) is 20.5. The number of rotatable bonds is 6. The third-order valence-corrected chi connectivity index (χ3v) is 6.76. The van der Waals surface area contributed by atoms with Crippen LogP contribution in [0.15, 0.2) is 30.3 Å². The molecular weight excluding hydrogens is 433 g/mol. The van der Waals surface area contributed by atoms with Gasteiger partial charge in [0.05, 0.1) is 5.41 Å². The molecule has 158 valence electrons. The van der Waals surface area contributed by atoms with Crippen molar-refractivity contribution in [1.29, 1.82) is 0 Å². The van der Waals surface area contributed by atoms with E-state index in [1.54, 1.807) is 24.3 Å². The van der Waals surface area contributed by atoms with Gasteiger partial charge in [-0.2, -0.15) is 0 Å². The first-order valence-corrected chi connectivity index (χ1v) is 10.5. The van der Waals surface area contributed by atoms with Crippen molar-refractivity contribution in [2.45, 2.75) is 46.2 Å². The number of halogens is 2. The largest absolute Gasteiger partial charge is 0.480 e. The van der Waals surface area contributed by atoms with Gasteiger partial charge in [0.2, 0.25) is 0 Å². The number of carboxylic acids is 1. The summed E-state index contributed by atoms with van der Waals surface area (Å²) in [4.78, 5) is 27.4. The molecule has 5 nitrogen and oxygen atoms in total. The average Bonchev–Trinajstić information content (AvgIpc) is 3.04. The van der Waals surface area contributed by atoms with Crippen molar-refractivity contribution in [3.05, 3.63) is 51.4 Å². The van der Waals surface area contributed by atoms with E-state index in [-0.39, 0.29) is 18.4 Å². The average molecular weight is 458 g/mol. The highest BCUT2D eigenvalue weighted by atomic mass is 35.5. The number of hydrogen-bond donors (Lipinski definition) is 1. The lowest BCUT2D eigenvalue weighted by Crippen LogP contribution is -2.37. The van der Waals surface area contributed by atoms with Gasteiger partial charge < -0.3 is 9.84 Å². The fraction of sp³-hybridized carbons (Fsp3) is 0.429. The highest BCUT2D eigenvalue weighted by molar-refractivity contribution is 7.14. The number of aliphatic carboxylic acids is 1. The van der Waals surface area contributed by atoms with Gasteiger partial charge in [-0.05, 0) is 49.9 Å². The summed E-state index contributed by atoms with van der Waals surface area (Å²) in [6.45, 7) is 6.77. The summed E-state index contributed by atoms with van der Waals surface area (Å²) in [5.41, 5.74) is 1.06. The fourth-order valence-corrected chi connectivity index (χ4v) is 4.40. The van der Waals surface area contributed by atoms with Crippen LogP contribution in [0.3, 0.4) is 0 Å². The minimum atomic E-state index is -0.928. The number of thiophene rings is 1. The van der Waals surface area contributed by atoms with E-state index >= 15 is 0 Å². The molecule has 1 aliphatic rings. The number of fused-ring (bicyclic) bond motifs is 1. The molecule has 8 heteroatoms. The van der Waals surface area contributed by atoms with Gasteiger partial charge in [-0.1, -0.05) is 36.7 Å². The van der Waals surface area contributed by atoms with E-state index in [4.69, 9.17) is 16.3 Å². The first-order valence-electron chi connectivity index (χ1n) is 9.28. The van der Waals surface area contributed by atoms with Gasteiger partial charge in [0.25, 0.3) is 0 Å². The van der Waals surface area contributed by atoms with E-state index in [1.807, 2.05) is 31.7 Å². The Morgan fingerprint density at radius 2 is 2.03 bits per heavy atom. The predicted molar refractivity (Wildman–Crippen MR) is 117 cm³/mol. The van der Waals surface area contributed by atoms with Gasteiger partial charge in [0.15, 0.2) is 5.06 Å². The third-order valence-electron chi connectivity index (χ3n) is 5.30. The van der Waals surface area contributed by atoms with Crippen molar-refractivity contribution in [3.63, 3.8) is 0 Å². The maximum atomic E-state index is 12.3. The number of hydrogen-bond acceptors (Lipinski definition) is 5. The molecule has 3 rings (SSSR count). The normalized spacial score (nSPS) is 15.2. The van der Waals surface area contributed by atoms with Crippen molar-refractivity contribution in [2.75, 3.05) is 6.54 Å². The molecule has 0 fully saturated rings. The minimum Gasteiger partial charge on any atom is -0.480 e. The Hall–Kier alpha value is -1.60. The number of carbonyl (C=O) groups is 2. The second-order valence-electron chi connectivity index (χ2n) is 7.62. The Balaban J connectivity index is 0.00000300. The van der Waals surface area contributed by atoms with Gasteiger partial charge in [-0.25, -0.2) is 0 Å². The highest BCUT2D eigenvalue weighted by Gasteiger charge is 2.33. The van der Waals surface area contributed by atoms with Crippen molar-refractivity contribution < 1.29 is 19.4 Å². The molecule has 1 N–H and O–H groups in total. The van der Waals surface area contributed by atoms with Gasteiger partial charge in [0, 0.05) is 23.0 Å². The molecule has 1 aromatic heterocycles. The Morgan fingerprint density at radius 3 is 2.66 bits per heavy atom. The molecule has 0 unspecified atom stereocenters. The van der Waals surface area contributed by atoms with Crippen LogP contribution in [0.1, 0.15) is 49.2 Å². The van der Waals surface area contributed by atoms with Gasteiger partial charge in [-0.3, -0.25) is 14.5 Å². The zero-order valence-corrected chi connectivity index (χ0v) is 19.0. The van der Waals surface area contributed by atoms with Gasteiger partial charge in [-0.15, -0.1) is 23.7 Å².